The lowest BCUT2D eigenvalue weighted by Gasteiger charge is -2.24. The summed E-state index contributed by atoms with van der Waals surface area (Å²) < 4.78 is 0. The van der Waals surface area contributed by atoms with Crippen LogP contribution in [0.5, 0.6) is 0 Å². The molecule has 0 aromatic heterocycles. The van der Waals surface area contributed by atoms with Gasteiger partial charge in [0.25, 0.3) is 0 Å². The Morgan fingerprint density at radius 1 is 1.59 bits per heavy atom. The second-order valence-corrected chi connectivity index (χ2v) is 5.60. The number of thiocarbonyl (C=S) groups is 1. The van der Waals surface area contributed by atoms with E-state index in [0.29, 0.717) is 23.9 Å². The maximum Gasteiger partial charge on any atom is 0.222 e. The van der Waals surface area contributed by atoms with Crippen LogP contribution < -0.4 is 5.73 Å². The SMILES string of the molecule is CCCC1CCC(=O)N(CC(C)C(N)=S)CC1. The highest BCUT2D eigenvalue weighted by molar-refractivity contribution is 7.80. The summed E-state index contributed by atoms with van der Waals surface area (Å²) in [5, 5.41) is 0. The summed E-state index contributed by atoms with van der Waals surface area (Å²) in [4.78, 5) is 14.4. The molecule has 2 N–H and O–H groups in total. The summed E-state index contributed by atoms with van der Waals surface area (Å²) >= 11 is 4.96. The molecule has 3 nitrogen and oxygen atoms in total. The summed E-state index contributed by atoms with van der Waals surface area (Å²) in [5.41, 5.74) is 5.61. The van der Waals surface area contributed by atoms with Crippen LogP contribution in [0.25, 0.3) is 0 Å². The zero-order valence-electron chi connectivity index (χ0n) is 10.9. The zero-order chi connectivity index (χ0) is 12.8. The minimum Gasteiger partial charge on any atom is -0.393 e. The molecule has 0 aromatic rings. The first-order chi connectivity index (χ1) is 8.04. The van der Waals surface area contributed by atoms with Crippen molar-refractivity contribution in [1.82, 2.24) is 4.90 Å². The highest BCUT2D eigenvalue weighted by Crippen LogP contribution is 2.23. The molecule has 17 heavy (non-hydrogen) atoms. The van der Waals surface area contributed by atoms with Crippen LogP contribution in [-0.2, 0) is 4.79 Å². The number of likely N-dealkylation sites (tertiary alicyclic amines) is 1. The van der Waals surface area contributed by atoms with E-state index in [0.717, 1.165) is 19.4 Å². The molecule has 0 radical (unpaired) electrons. The maximum absolute atomic E-state index is 12.0. The molecule has 4 heteroatoms. The first kappa shape index (κ1) is 14.4. The molecule has 1 heterocycles. The van der Waals surface area contributed by atoms with Gasteiger partial charge < -0.3 is 10.6 Å². The second-order valence-electron chi connectivity index (χ2n) is 5.13. The average molecular weight is 256 g/mol. The molecule has 1 rings (SSSR count). The van der Waals surface area contributed by atoms with Gasteiger partial charge in [0.2, 0.25) is 5.91 Å². The largest absolute Gasteiger partial charge is 0.393 e. The van der Waals surface area contributed by atoms with Crippen molar-refractivity contribution in [2.75, 3.05) is 13.1 Å². The first-order valence-electron chi connectivity index (χ1n) is 6.61. The van der Waals surface area contributed by atoms with Gasteiger partial charge >= 0.3 is 0 Å². The van der Waals surface area contributed by atoms with Crippen molar-refractivity contribution in [3.63, 3.8) is 0 Å². The van der Waals surface area contributed by atoms with Crippen LogP contribution in [0.15, 0.2) is 0 Å². The fourth-order valence-corrected chi connectivity index (χ4v) is 2.48. The third-order valence-electron chi connectivity index (χ3n) is 3.60. The van der Waals surface area contributed by atoms with Crippen LogP contribution in [0.3, 0.4) is 0 Å². The van der Waals surface area contributed by atoms with Gasteiger partial charge in [-0.3, -0.25) is 4.79 Å². The smallest absolute Gasteiger partial charge is 0.222 e. The van der Waals surface area contributed by atoms with Crippen LogP contribution in [0.1, 0.15) is 46.0 Å². The first-order valence-corrected chi connectivity index (χ1v) is 7.02. The van der Waals surface area contributed by atoms with Crippen molar-refractivity contribution in [2.24, 2.45) is 17.6 Å². The Bertz CT molecular complexity index is 281. The molecule has 2 atom stereocenters. The third kappa shape index (κ3) is 4.62. The topological polar surface area (TPSA) is 46.3 Å². The lowest BCUT2D eigenvalue weighted by atomic mass is 9.96. The Morgan fingerprint density at radius 3 is 2.88 bits per heavy atom. The van der Waals surface area contributed by atoms with Crippen molar-refractivity contribution in [2.45, 2.75) is 46.0 Å². The van der Waals surface area contributed by atoms with Gasteiger partial charge in [-0.15, -0.1) is 0 Å². The fourth-order valence-electron chi connectivity index (χ4n) is 2.40. The highest BCUT2D eigenvalue weighted by Gasteiger charge is 2.23. The lowest BCUT2D eigenvalue weighted by molar-refractivity contribution is -0.130. The maximum atomic E-state index is 12.0. The molecular weight excluding hydrogens is 232 g/mol. The van der Waals surface area contributed by atoms with Crippen molar-refractivity contribution in [3.05, 3.63) is 0 Å². The normalized spacial score (nSPS) is 23.3. The number of nitrogens with two attached hydrogens (primary N) is 1. The van der Waals surface area contributed by atoms with E-state index in [2.05, 4.69) is 6.92 Å². The van der Waals surface area contributed by atoms with Gasteiger partial charge in [0.1, 0.15) is 0 Å². The number of nitrogens with zero attached hydrogens (tertiary/aromatic N) is 1. The van der Waals surface area contributed by atoms with Crippen LogP contribution in [0.4, 0.5) is 0 Å². The molecule has 1 aliphatic heterocycles. The van der Waals surface area contributed by atoms with Crippen molar-refractivity contribution in [1.29, 1.82) is 0 Å². The second kappa shape index (κ2) is 6.94. The lowest BCUT2D eigenvalue weighted by Crippen LogP contribution is -2.37. The van der Waals surface area contributed by atoms with Crippen molar-refractivity contribution in [3.8, 4) is 0 Å². The standard InChI is InChI=1S/C13H24N2OS/c1-3-4-11-5-6-12(16)15(8-7-11)9-10(2)13(14)17/h10-11H,3-9H2,1-2H3,(H2,14,17). The van der Waals surface area contributed by atoms with Crippen molar-refractivity contribution >= 4 is 23.1 Å². The summed E-state index contributed by atoms with van der Waals surface area (Å²) in [6.07, 6.45) is 5.32. The number of carbonyl (C=O) groups is 1. The van der Waals surface area contributed by atoms with Gasteiger partial charge in [-0.2, -0.15) is 0 Å². The van der Waals surface area contributed by atoms with Gasteiger partial charge in [-0.1, -0.05) is 38.9 Å². The van der Waals surface area contributed by atoms with Gasteiger partial charge in [0, 0.05) is 25.4 Å². The van der Waals surface area contributed by atoms with Gasteiger partial charge in [-0.05, 0) is 18.8 Å². The van der Waals surface area contributed by atoms with E-state index in [4.69, 9.17) is 18.0 Å². The van der Waals surface area contributed by atoms with Crippen LogP contribution >= 0.6 is 12.2 Å². The Hall–Kier alpha value is -0.640. The fraction of sp³-hybridized carbons (Fsp3) is 0.846. The molecule has 0 spiro atoms. The summed E-state index contributed by atoms with van der Waals surface area (Å²) in [6, 6.07) is 0. The van der Waals surface area contributed by atoms with Gasteiger partial charge in [0.15, 0.2) is 0 Å². The van der Waals surface area contributed by atoms with Crippen LogP contribution in [0.2, 0.25) is 0 Å². The third-order valence-corrected chi connectivity index (χ3v) is 4.01. The molecular formula is C13H24N2OS. The molecule has 98 valence electrons. The minimum absolute atomic E-state index is 0.122. The summed E-state index contributed by atoms with van der Waals surface area (Å²) in [6.45, 7) is 5.76. The monoisotopic (exact) mass is 256 g/mol. The molecule has 0 saturated carbocycles. The van der Waals surface area contributed by atoms with E-state index in [1.807, 2.05) is 11.8 Å². The van der Waals surface area contributed by atoms with Crippen LogP contribution in [0, 0.1) is 11.8 Å². The molecule has 1 aliphatic rings. The number of hydrogen-bond acceptors (Lipinski definition) is 2. The number of amides is 1. The summed E-state index contributed by atoms with van der Waals surface area (Å²) in [7, 11) is 0. The number of carbonyl (C=O) groups excluding carboxylic acids is 1. The van der Waals surface area contributed by atoms with E-state index in [1.54, 1.807) is 0 Å². The summed E-state index contributed by atoms with van der Waals surface area (Å²) in [5.74, 6) is 1.11. The van der Waals surface area contributed by atoms with Crippen LogP contribution in [-0.4, -0.2) is 28.9 Å². The Labute approximate surface area is 110 Å². The zero-order valence-corrected chi connectivity index (χ0v) is 11.8. The molecule has 1 saturated heterocycles. The van der Waals surface area contributed by atoms with Gasteiger partial charge in [0.05, 0.1) is 4.99 Å². The number of hydrogen-bond donors (Lipinski definition) is 1. The van der Waals surface area contributed by atoms with E-state index in [1.165, 1.54) is 12.8 Å². The molecule has 0 aliphatic carbocycles. The predicted molar refractivity (Wildman–Crippen MR) is 74.8 cm³/mol. The predicted octanol–water partition coefficient (Wildman–Crippen LogP) is 2.34. The molecule has 0 aromatic carbocycles. The quantitative estimate of drug-likeness (QED) is 0.768. The minimum atomic E-state index is 0.122. The molecule has 2 unspecified atom stereocenters. The van der Waals surface area contributed by atoms with E-state index < -0.39 is 0 Å². The van der Waals surface area contributed by atoms with Gasteiger partial charge in [-0.25, -0.2) is 0 Å². The highest BCUT2D eigenvalue weighted by atomic mass is 32.1. The van der Waals surface area contributed by atoms with E-state index in [9.17, 15) is 4.79 Å². The van der Waals surface area contributed by atoms with E-state index in [-0.39, 0.29) is 11.8 Å². The average Bonchev–Trinajstić information content (AvgIpc) is 2.44. The Balaban J connectivity index is 2.50. The Morgan fingerprint density at radius 2 is 2.29 bits per heavy atom. The Kier molecular flexibility index (Phi) is 5.89. The molecule has 1 amide bonds. The molecule has 0 bridgehead atoms. The number of rotatable bonds is 5. The molecule has 1 fully saturated rings. The van der Waals surface area contributed by atoms with Crippen molar-refractivity contribution < 1.29 is 4.79 Å². The van der Waals surface area contributed by atoms with E-state index >= 15 is 0 Å².